The van der Waals surface area contributed by atoms with Crippen molar-refractivity contribution in [3.05, 3.63) is 99.2 Å². The first-order chi connectivity index (χ1) is 18.4. The summed E-state index contributed by atoms with van der Waals surface area (Å²) in [6.45, 7) is 6.56. The lowest BCUT2D eigenvalue weighted by Gasteiger charge is -2.28. The molecular formula is C28H27BrN6O3. The third kappa shape index (κ3) is 5.26. The number of rotatable bonds is 8. The van der Waals surface area contributed by atoms with E-state index in [1.807, 2.05) is 87.5 Å². The molecule has 4 aromatic rings. The van der Waals surface area contributed by atoms with Crippen molar-refractivity contribution in [2.75, 3.05) is 17.2 Å². The van der Waals surface area contributed by atoms with Crippen LogP contribution in [0.5, 0.6) is 11.5 Å². The van der Waals surface area contributed by atoms with Gasteiger partial charge in [-0.2, -0.15) is 4.68 Å². The van der Waals surface area contributed by atoms with Crippen LogP contribution in [0.15, 0.2) is 82.5 Å². The Morgan fingerprint density at radius 3 is 2.61 bits per heavy atom. The number of hydrogen-bond donors (Lipinski definition) is 2. The number of benzene rings is 3. The summed E-state index contributed by atoms with van der Waals surface area (Å²) in [6.07, 6.45) is 0. The van der Waals surface area contributed by atoms with Gasteiger partial charge in [-0.3, -0.25) is 4.79 Å². The van der Waals surface area contributed by atoms with Crippen molar-refractivity contribution < 1.29 is 14.3 Å². The molecule has 0 aliphatic carbocycles. The van der Waals surface area contributed by atoms with Crippen molar-refractivity contribution in [2.45, 2.75) is 33.4 Å². The second-order valence-electron chi connectivity index (χ2n) is 8.84. The first-order valence-corrected chi connectivity index (χ1v) is 13.0. The molecule has 1 unspecified atom stereocenters. The van der Waals surface area contributed by atoms with Crippen LogP contribution in [0, 0.1) is 6.92 Å². The molecule has 2 N–H and O–H groups in total. The fraction of sp³-hybridized carbons (Fsp3) is 0.214. The number of hydrogen-bond acceptors (Lipinski definition) is 7. The molecule has 3 aromatic carbocycles. The number of carbonyl (C=O) groups is 1. The number of carbonyl (C=O) groups excluding carboxylic acids is 1. The number of para-hydroxylation sites is 1. The summed E-state index contributed by atoms with van der Waals surface area (Å²) >= 11 is 3.46. The molecule has 1 aliphatic heterocycles. The van der Waals surface area contributed by atoms with Crippen LogP contribution in [0.25, 0.3) is 0 Å². The highest BCUT2D eigenvalue weighted by atomic mass is 79.9. The summed E-state index contributed by atoms with van der Waals surface area (Å²) in [6, 6.07) is 20.7. The van der Waals surface area contributed by atoms with Gasteiger partial charge in [-0.15, -0.1) is 0 Å². The van der Waals surface area contributed by atoms with E-state index >= 15 is 0 Å². The van der Waals surface area contributed by atoms with E-state index in [0.29, 0.717) is 41.9 Å². The minimum atomic E-state index is -0.579. The molecule has 5 rings (SSSR count). The Hall–Kier alpha value is -4.18. The largest absolute Gasteiger partial charge is 0.490 e. The molecule has 1 amide bonds. The van der Waals surface area contributed by atoms with Crippen molar-refractivity contribution in [1.29, 1.82) is 0 Å². The smallest absolute Gasteiger partial charge is 0.255 e. The lowest BCUT2D eigenvalue weighted by molar-refractivity contribution is -0.113. The highest BCUT2D eigenvalue weighted by Gasteiger charge is 2.34. The molecule has 0 spiro atoms. The fourth-order valence-corrected chi connectivity index (χ4v) is 4.61. The average molecular weight is 575 g/mol. The van der Waals surface area contributed by atoms with Crippen LogP contribution >= 0.6 is 15.9 Å². The number of nitrogens with one attached hydrogen (secondary N) is 2. The van der Waals surface area contributed by atoms with E-state index in [-0.39, 0.29) is 5.91 Å². The highest BCUT2D eigenvalue weighted by Crippen LogP contribution is 2.39. The summed E-state index contributed by atoms with van der Waals surface area (Å²) in [5.41, 5.74) is 4.69. The SMILES string of the molecule is CCOc1cc(C2C(C(=O)Nc3ccccc3C)=C(C)Nc3nnnn32)ccc1OCc1ccc(Br)cc1. The van der Waals surface area contributed by atoms with Crippen LogP contribution < -0.4 is 20.1 Å². The minimum absolute atomic E-state index is 0.246. The molecule has 0 radical (unpaired) electrons. The van der Waals surface area contributed by atoms with Gasteiger partial charge in [0.2, 0.25) is 5.95 Å². The van der Waals surface area contributed by atoms with Gasteiger partial charge in [0.1, 0.15) is 12.6 Å². The second kappa shape index (κ2) is 11.1. The van der Waals surface area contributed by atoms with Crippen molar-refractivity contribution in [1.82, 2.24) is 20.2 Å². The van der Waals surface area contributed by atoms with E-state index in [4.69, 9.17) is 9.47 Å². The first-order valence-electron chi connectivity index (χ1n) is 12.2. The Bertz CT molecular complexity index is 1500. The standard InChI is InChI=1S/C28H27BrN6O3/c1-4-37-24-15-20(11-14-23(24)38-16-19-9-12-21(29)13-10-19)26-25(18(3)30-28-32-33-34-35(26)28)27(36)31-22-8-6-5-7-17(22)2/h5-15,26H,4,16H2,1-3H3,(H,31,36)(H,30,32,34). The van der Waals surface area contributed by atoms with Gasteiger partial charge >= 0.3 is 0 Å². The molecule has 1 aliphatic rings. The van der Waals surface area contributed by atoms with Gasteiger partial charge in [0.15, 0.2) is 11.5 Å². The Balaban J connectivity index is 1.49. The molecule has 0 bridgehead atoms. The van der Waals surface area contributed by atoms with Crippen LogP contribution in [0.2, 0.25) is 0 Å². The number of halogens is 1. The van der Waals surface area contributed by atoms with Crippen LogP contribution in [0.4, 0.5) is 11.6 Å². The Morgan fingerprint density at radius 2 is 1.84 bits per heavy atom. The van der Waals surface area contributed by atoms with Gasteiger partial charge in [-0.05, 0) is 78.2 Å². The summed E-state index contributed by atoms with van der Waals surface area (Å²) < 4.78 is 14.7. The van der Waals surface area contributed by atoms with Crippen molar-refractivity contribution >= 4 is 33.5 Å². The molecule has 194 valence electrons. The predicted octanol–water partition coefficient (Wildman–Crippen LogP) is 5.65. The number of tetrazole rings is 1. The molecule has 10 heteroatoms. The average Bonchev–Trinajstić information content (AvgIpc) is 3.37. The zero-order valence-electron chi connectivity index (χ0n) is 21.2. The Morgan fingerprint density at radius 1 is 1.05 bits per heavy atom. The quantitative estimate of drug-likeness (QED) is 0.280. The zero-order valence-corrected chi connectivity index (χ0v) is 22.8. The number of aryl methyl sites for hydroxylation is 1. The normalized spacial score (nSPS) is 14.5. The van der Waals surface area contributed by atoms with Crippen LogP contribution in [-0.4, -0.2) is 32.7 Å². The minimum Gasteiger partial charge on any atom is -0.490 e. The molecule has 0 saturated heterocycles. The van der Waals surface area contributed by atoms with Gasteiger partial charge in [-0.25, -0.2) is 0 Å². The summed E-state index contributed by atoms with van der Waals surface area (Å²) in [7, 11) is 0. The first kappa shape index (κ1) is 25.5. The number of aromatic nitrogens is 4. The maximum Gasteiger partial charge on any atom is 0.255 e. The maximum absolute atomic E-state index is 13.7. The van der Waals surface area contributed by atoms with Gasteiger partial charge in [0, 0.05) is 15.9 Å². The Labute approximate surface area is 229 Å². The van der Waals surface area contributed by atoms with Gasteiger partial charge in [-0.1, -0.05) is 57.4 Å². The lowest BCUT2D eigenvalue weighted by atomic mass is 9.94. The van der Waals surface area contributed by atoms with Gasteiger partial charge in [0.25, 0.3) is 5.91 Å². The maximum atomic E-state index is 13.7. The van der Waals surface area contributed by atoms with E-state index < -0.39 is 6.04 Å². The van der Waals surface area contributed by atoms with Gasteiger partial charge < -0.3 is 20.1 Å². The summed E-state index contributed by atoms with van der Waals surface area (Å²) in [4.78, 5) is 13.7. The molecule has 0 saturated carbocycles. The molecule has 1 atom stereocenters. The van der Waals surface area contributed by atoms with Crippen LogP contribution in [0.3, 0.4) is 0 Å². The molecule has 38 heavy (non-hydrogen) atoms. The number of anilines is 2. The predicted molar refractivity (Wildman–Crippen MR) is 148 cm³/mol. The second-order valence-corrected chi connectivity index (χ2v) is 9.75. The van der Waals surface area contributed by atoms with Crippen molar-refractivity contribution in [2.24, 2.45) is 0 Å². The topological polar surface area (TPSA) is 103 Å². The van der Waals surface area contributed by atoms with Crippen molar-refractivity contribution in [3.8, 4) is 11.5 Å². The Kier molecular flexibility index (Phi) is 7.41. The molecular weight excluding hydrogens is 548 g/mol. The monoisotopic (exact) mass is 574 g/mol. The van der Waals surface area contributed by atoms with E-state index in [9.17, 15) is 4.79 Å². The van der Waals surface area contributed by atoms with E-state index in [1.165, 1.54) is 0 Å². The van der Waals surface area contributed by atoms with E-state index in [1.54, 1.807) is 4.68 Å². The molecule has 0 fully saturated rings. The summed E-state index contributed by atoms with van der Waals surface area (Å²) in [5.74, 6) is 1.39. The van der Waals surface area contributed by atoms with E-state index in [2.05, 4.69) is 42.1 Å². The third-order valence-corrected chi connectivity index (χ3v) is 6.77. The highest BCUT2D eigenvalue weighted by molar-refractivity contribution is 9.10. The lowest BCUT2D eigenvalue weighted by Crippen LogP contribution is -2.31. The van der Waals surface area contributed by atoms with Crippen molar-refractivity contribution in [3.63, 3.8) is 0 Å². The summed E-state index contributed by atoms with van der Waals surface area (Å²) in [5, 5.41) is 18.3. The molecule has 9 nitrogen and oxygen atoms in total. The number of amides is 1. The molecule has 2 heterocycles. The number of allylic oxidation sites excluding steroid dienone is 1. The van der Waals surface area contributed by atoms with Crippen LogP contribution in [-0.2, 0) is 11.4 Å². The van der Waals surface area contributed by atoms with Gasteiger partial charge in [0.05, 0.1) is 12.2 Å². The zero-order chi connectivity index (χ0) is 26.6. The molecule has 1 aromatic heterocycles. The van der Waals surface area contributed by atoms with E-state index in [0.717, 1.165) is 26.9 Å². The number of ether oxygens (including phenoxy) is 2. The van der Waals surface area contributed by atoms with Crippen LogP contribution in [0.1, 0.15) is 36.6 Å². The third-order valence-electron chi connectivity index (χ3n) is 6.24. The number of fused-ring (bicyclic) bond motifs is 1. The number of nitrogens with zero attached hydrogens (tertiary/aromatic N) is 4. The fourth-order valence-electron chi connectivity index (χ4n) is 4.34.